The van der Waals surface area contributed by atoms with Gasteiger partial charge in [0.25, 0.3) is 10.0 Å². The van der Waals surface area contributed by atoms with Crippen LogP contribution in [0.1, 0.15) is 26.2 Å². The normalized spacial score (nSPS) is 11.6. The number of thiazole rings is 1. The van der Waals surface area contributed by atoms with Crippen LogP contribution in [0.4, 0.5) is 5.69 Å². The number of unbranched alkanes of at least 4 members (excludes halogenated alkanes) is 2. The van der Waals surface area contributed by atoms with Crippen molar-refractivity contribution in [1.29, 1.82) is 0 Å². The van der Waals surface area contributed by atoms with Gasteiger partial charge in [-0.3, -0.25) is 4.72 Å². The molecule has 1 N–H and O–H groups in total. The van der Waals surface area contributed by atoms with Crippen LogP contribution < -0.4 is 9.46 Å². The summed E-state index contributed by atoms with van der Waals surface area (Å²) in [4.78, 5) is 4.41. The van der Waals surface area contributed by atoms with Crippen molar-refractivity contribution in [2.24, 2.45) is 0 Å². The van der Waals surface area contributed by atoms with Gasteiger partial charge in [-0.15, -0.1) is 11.3 Å². The summed E-state index contributed by atoms with van der Waals surface area (Å²) in [5.41, 5.74) is 2.83. The van der Waals surface area contributed by atoms with Gasteiger partial charge in [0.15, 0.2) is 0 Å². The summed E-state index contributed by atoms with van der Waals surface area (Å²) in [6, 6.07) is 12.1. The quantitative estimate of drug-likeness (QED) is 0.580. The zero-order valence-electron chi connectivity index (χ0n) is 13.9. The second kappa shape index (κ2) is 7.84. The third kappa shape index (κ3) is 4.29. The molecule has 0 bridgehead atoms. The maximum Gasteiger partial charge on any atom is 0.263 e. The van der Waals surface area contributed by atoms with Gasteiger partial charge in [0, 0.05) is 5.69 Å². The van der Waals surface area contributed by atoms with E-state index in [4.69, 9.17) is 4.74 Å². The molecule has 0 radical (unpaired) electrons. The highest BCUT2D eigenvalue weighted by atomic mass is 32.2. The summed E-state index contributed by atoms with van der Waals surface area (Å²) >= 11 is 1.32. The first-order valence-corrected chi connectivity index (χ1v) is 10.5. The van der Waals surface area contributed by atoms with Crippen molar-refractivity contribution in [3.63, 3.8) is 0 Å². The number of sulfonamides is 1. The van der Waals surface area contributed by atoms with Gasteiger partial charge in [0.2, 0.25) is 0 Å². The highest BCUT2D eigenvalue weighted by molar-refractivity contribution is 7.93. The molecule has 5 nitrogen and oxygen atoms in total. The number of nitrogens with one attached hydrogen (secondary N) is 1. The summed E-state index contributed by atoms with van der Waals surface area (Å²) in [6.07, 6.45) is 3.31. The fraction of sp³-hybridized carbons (Fsp3) is 0.278. The third-order valence-corrected chi connectivity index (χ3v) is 6.16. The van der Waals surface area contributed by atoms with Crippen LogP contribution in [-0.4, -0.2) is 20.0 Å². The summed E-state index contributed by atoms with van der Waals surface area (Å²) in [5.74, 6) is 0.739. The number of hydrogen-bond donors (Lipinski definition) is 1. The van der Waals surface area contributed by atoms with Crippen LogP contribution in [-0.2, 0) is 10.0 Å². The Hall–Kier alpha value is -2.12. The van der Waals surface area contributed by atoms with E-state index in [9.17, 15) is 8.42 Å². The molecule has 1 heterocycles. The van der Waals surface area contributed by atoms with E-state index in [2.05, 4.69) is 16.6 Å². The first-order valence-electron chi connectivity index (χ1n) is 8.18. The average Bonchev–Trinajstić information content (AvgIpc) is 3.08. The molecule has 7 heteroatoms. The minimum atomic E-state index is -3.67. The van der Waals surface area contributed by atoms with Gasteiger partial charge in [0.05, 0.1) is 22.3 Å². The van der Waals surface area contributed by atoms with Crippen LogP contribution in [0.15, 0.2) is 52.9 Å². The summed E-state index contributed by atoms with van der Waals surface area (Å²) < 4.78 is 34.3. The molecule has 0 saturated carbocycles. The van der Waals surface area contributed by atoms with Crippen LogP contribution in [0.2, 0.25) is 0 Å². The van der Waals surface area contributed by atoms with Crippen molar-refractivity contribution in [2.45, 2.75) is 31.1 Å². The first kappa shape index (κ1) is 17.7. The van der Waals surface area contributed by atoms with E-state index in [1.807, 2.05) is 0 Å². The summed E-state index contributed by atoms with van der Waals surface area (Å²) in [7, 11) is -3.67. The zero-order chi connectivity index (χ0) is 17.7. The topological polar surface area (TPSA) is 68.3 Å². The van der Waals surface area contributed by atoms with Crippen LogP contribution in [0.25, 0.3) is 10.2 Å². The third-order valence-electron chi connectivity index (χ3n) is 3.73. The molecule has 132 valence electrons. The molecule has 0 fully saturated rings. The monoisotopic (exact) mass is 376 g/mol. The Labute approximate surface area is 151 Å². The predicted octanol–water partition coefficient (Wildman–Crippen LogP) is 4.67. The highest BCUT2D eigenvalue weighted by Gasteiger charge is 2.18. The second-order valence-electron chi connectivity index (χ2n) is 5.64. The van der Waals surface area contributed by atoms with Crippen molar-refractivity contribution in [1.82, 2.24) is 4.98 Å². The average molecular weight is 377 g/mol. The van der Waals surface area contributed by atoms with Crippen molar-refractivity contribution >= 4 is 37.3 Å². The van der Waals surface area contributed by atoms with Crippen LogP contribution in [0.5, 0.6) is 5.75 Å². The molecule has 0 saturated heterocycles. The minimum Gasteiger partial charge on any atom is -0.494 e. The fourth-order valence-electron chi connectivity index (χ4n) is 2.44. The number of nitrogens with zero attached hydrogens (tertiary/aromatic N) is 1. The fourth-order valence-corrected chi connectivity index (χ4v) is 4.78. The number of benzene rings is 2. The van der Waals surface area contributed by atoms with Gasteiger partial charge < -0.3 is 4.74 Å². The van der Waals surface area contributed by atoms with Crippen molar-refractivity contribution in [2.75, 3.05) is 11.3 Å². The van der Waals surface area contributed by atoms with E-state index in [0.29, 0.717) is 22.5 Å². The van der Waals surface area contributed by atoms with Crippen molar-refractivity contribution in [3.8, 4) is 5.75 Å². The minimum absolute atomic E-state index is 0.243. The molecule has 3 aromatic rings. The second-order valence-corrected chi connectivity index (χ2v) is 8.15. The van der Waals surface area contributed by atoms with Crippen LogP contribution >= 0.6 is 11.3 Å². The lowest BCUT2D eigenvalue weighted by atomic mass is 10.2. The highest BCUT2D eigenvalue weighted by Crippen LogP contribution is 2.28. The molecule has 0 spiro atoms. The molecule has 0 aliphatic carbocycles. The Morgan fingerprint density at radius 2 is 1.92 bits per heavy atom. The Bertz CT molecular complexity index is 934. The number of ether oxygens (including phenoxy) is 1. The van der Waals surface area contributed by atoms with Gasteiger partial charge in [-0.1, -0.05) is 25.8 Å². The molecule has 25 heavy (non-hydrogen) atoms. The number of anilines is 1. The van der Waals surface area contributed by atoms with E-state index in [1.54, 1.807) is 48.0 Å². The van der Waals surface area contributed by atoms with E-state index >= 15 is 0 Å². The molecule has 0 aliphatic rings. The van der Waals surface area contributed by atoms with Gasteiger partial charge in [-0.25, -0.2) is 13.4 Å². The molecule has 1 aromatic heterocycles. The molecular formula is C18H20N2O3S2. The Balaban J connectivity index is 1.72. The maximum atomic E-state index is 12.7. The molecule has 0 amide bonds. The van der Waals surface area contributed by atoms with Gasteiger partial charge >= 0.3 is 0 Å². The number of fused-ring (bicyclic) bond motifs is 1. The van der Waals surface area contributed by atoms with Gasteiger partial charge in [-0.05, 0) is 42.8 Å². The lowest BCUT2D eigenvalue weighted by Crippen LogP contribution is -2.13. The Morgan fingerprint density at radius 1 is 1.12 bits per heavy atom. The lowest BCUT2D eigenvalue weighted by molar-refractivity contribution is 0.306. The SMILES string of the molecule is CCCCCOc1ccc(NS(=O)(=O)c2cccc3ncsc23)cc1. The van der Waals surface area contributed by atoms with Crippen molar-refractivity contribution < 1.29 is 13.2 Å². The van der Waals surface area contributed by atoms with E-state index in [-0.39, 0.29) is 4.90 Å². The molecule has 0 atom stereocenters. The number of hydrogen-bond acceptors (Lipinski definition) is 5. The lowest BCUT2D eigenvalue weighted by Gasteiger charge is -2.10. The largest absolute Gasteiger partial charge is 0.494 e. The summed E-state index contributed by atoms with van der Waals surface area (Å²) in [5, 5.41) is 0. The molecule has 0 aliphatic heterocycles. The van der Waals surface area contributed by atoms with E-state index < -0.39 is 10.0 Å². The van der Waals surface area contributed by atoms with Crippen LogP contribution in [0.3, 0.4) is 0 Å². The Morgan fingerprint density at radius 3 is 2.68 bits per heavy atom. The molecule has 2 aromatic carbocycles. The zero-order valence-corrected chi connectivity index (χ0v) is 15.6. The molecular weight excluding hydrogens is 356 g/mol. The van der Waals surface area contributed by atoms with Crippen molar-refractivity contribution in [3.05, 3.63) is 48.0 Å². The standard InChI is InChI=1S/C18H20N2O3S2/c1-2-3-4-12-23-15-10-8-14(9-11-15)20-25(21,22)17-7-5-6-16-18(17)24-13-19-16/h5-11,13,20H,2-4,12H2,1H3. The van der Waals surface area contributed by atoms with E-state index in [1.165, 1.54) is 11.3 Å². The smallest absolute Gasteiger partial charge is 0.263 e. The summed E-state index contributed by atoms with van der Waals surface area (Å²) in [6.45, 7) is 2.82. The predicted molar refractivity (Wildman–Crippen MR) is 102 cm³/mol. The number of aromatic nitrogens is 1. The number of rotatable bonds is 8. The maximum absolute atomic E-state index is 12.7. The Kier molecular flexibility index (Phi) is 5.55. The van der Waals surface area contributed by atoms with E-state index in [0.717, 1.165) is 25.0 Å². The first-order chi connectivity index (χ1) is 12.1. The van der Waals surface area contributed by atoms with Crippen LogP contribution in [0, 0.1) is 0 Å². The molecule has 0 unspecified atom stereocenters. The van der Waals surface area contributed by atoms with Gasteiger partial charge in [-0.2, -0.15) is 0 Å². The van der Waals surface area contributed by atoms with Gasteiger partial charge in [0.1, 0.15) is 10.6 Å². The molecule has 3 rings (SSSR count).